The number of benzene rings is 1. The average molecular weight is 457 g/mol. The number of carboxylic acids is 1. The van der Waals surface area contributed by atoms with Crippen LogP contribution in [-0.4, -0.2) is 22.3 Å². The van der Waals surface area contributed by atoms with Crippen molar-refractivity contribution in [3.8, 4) is 17.9 Å². The number of carbonyl (C=O) groups is 2. The molecule has 0 bridgehead atoms. The Bertz CT molecular complexity index is 1470. The van der Waals surface area contributed by atoms with E-state index < -0.39 is 17.5 Å². The molecule has 1 aromatic carbocycles. The molecule has 1 saturated carbocycles. The first-order chi connectivity index (χ1) is 16.5. The first kappa shape index (κ1) is 20.9. The van der Waals surface area contributed by atoms with E-state index in [4.69, 9.17) is 18.1 Å². The zero-order chi connectivity index (χ0) is 23.7. The topological polar surface area (TPSA) is 152 Å². The smallest absolute Gasteiger partial charge is 0.412 e. The van der Waals surface area contributed by atoms with Crippen LogP contribution in [0.3, 0.4) is 0 Å². The Morgan fingerprint density at radius 2 is 1.97 bits per heavy atom. The van der Waals surface area contributed by atoms with Crippen molar-refractivity contribution in [3.63, 3.8) is 0 Å². The zero-order valence-electron chi connectivity index (χ0n) is 17.5. The highest BCUT2D eigenvalue weighted by Gasteiger charge is 2.54. The number of nitrogens with one attached hydrogen (secondary N) is 1. The third-order valence-electron chi connectivity index (χ3n) is 5.38. The number of hydrogen-bond acceptors (Lipinski definition) is 8. The van der Waals surface area contributed by atoms with Gasteiger partial charge in [-0.1, -0.05) is 35.5 Å². The minimum absolute atomic E-state index is 0.0253. The molecule has 0 aliphatic heterocycles. The first-order valence-electron chi connectivity index (χ1n) is 10.2. The summed E-state index contributed by atoms with van der Waals surface area (Å²) in [5.74, 6) is 5.10. The fourth-order valence-electron chi connectivity index (χ4n) is 3.37. The highest BCUT2D eigenvalue weighted by atomic mass is 16.5. The van der Waals surface area contributed by atoms with E-state index in [0.717, 1.165) is 5.56 Å². The number of carboxylic acid groups (broad SMARTS) is 1. The second-order valence-corrected chi connectivity index (χ2v) is 7.64. The molecule has 168 valence electrons. The average Bonchev–Trinajstić information content (AvgIpc) is 3.23. The van der Waals surface area contributed by atoms with E-state index in [1.807, 2.05) is 24.3 Å². The summed E-state index contributed by atoms with van der Waals surface area (Å²) in [5, 5.41) is 25.3. The molecule has 1 aliphatic rings. The normalized spacial score (nSPS) is 13.5. The van der Waals surface area contributed by atoms with Gasteiger partial charge in [0.1, 0.15) is 29.5 Å². The van der Waals surface area contributed by atoms with Crippen molar-refractivity contribution >= 4 is 28.9 Å². The van der Waals surface area contributed by atoms with Crippen LogP contribution in [0.25, 0.3) is 11.2 Å². The number of aliphatic carboxylic acids is 1. The summed E-state index contributed by atoms with van der Waals surface area (Å²) >= 11 is 0. The van der Waals surface area contributed by atoms with Crippen LogP contribution in [0.15, 0.2) is 55.8 Å². The number of fused-ring (bicyclic) bond motifs is 1. The summed E-state index contributed by atoms with van der Waals surface area (Å²) in [6.45, 7) is 0.0392. The molecule has 10 heteroatoms. The molecule has 10 nitrogen and oxygen atoms in total. The van der Waals surface area contributed by atoms with Gasteiger partial charge in [0, 0.05) is 6.07 Å². The van der Waals surface area contributed by atoms with E-state index in [1.165, 1.54) is 0 Å². The molecule has 34 heavy (non-hydrogen) atoms. The molecular weight excluding hydrogens is 442 g/mol. The molecule has 4 aromatic rings. The van der Waals surface area contributed by atoms with Gasteiger partial charge in [0.15, 0.2) is 5.76 Å². The predicted octanol–water partition coefficient (Wildman–Crippen LogP) is 4.15. The van der Waals surface area contributed by atoms with Crippen LogP contribution >= 0.6 is 0 Å². The van der Waals surface area contributed by atoms with Crippen molar-refractivity contribution in [3.05, 3.63) is 71.0 Å². The lowest BCUT2D eigenvalue weighted by Crippen LogP contribution is -2.18. The van der Waals surface area contributed by atoms with Gasteiger partial charge in [-0.25, -0.2) is 4.79 Å². The fourth-order valence-corrected chi connectivity index (χ4v) is 3.37. The van der Waals surface area contributed by atoms with Crippen molar-refractivity contribution < 1.29 is 32.8 Å². The van der Waals surface area contributed by atoms with E-state index in [9.17, 15) is 20.0 Å². The summed E-state index contributed by atoms with van der Waals surface area (Å²) in [7, 11) is 0. The van der Waals surface area contributed by atoms with Crippen molar-refractivity contribution in [1.29, 1.82) is 5.26 Å². The zero-order valence-corrected chi connectivity index (χ0v) is 17.5. The van der Waals surface area contributed by atoms with Crippen LogP contribution in [-0.2, 0) is 21.6 Å². The van der Waals surface area contributed by atoms with Crippen LogP contribution in [0.1, 0.15) is 41.4 Å². The maximum Gasteiger partial charge on any atom is 0.412 e. The number of hydrogen-bond donors (Lipinski definition) is 2. The van der Waals surface area contributed by atoms with Crippen molar-refractivity contribution in [1.82, 2.24) is 5.16 Å². The number of amides is 1. The number of rotatable bonds is 5. The van der Waals surface area contributed by atoms with Crippen LogP contribution < -0.4 is 5.32 Å². The molecule has 2 N–H and O–H groups in total. The van der Waals surface area contributed by atoms with Gasteiger partial charge in [-0.3, -0.25) is 10.1 Å². The van der Waals surface area contributed by atoms with E-state index in [1.54, 1.807) is 24.3 Å². The standard InChI is InChI=1S/C24H15N3O7/c25-12-17-20(26-23(30)31-13-14-4-2-1-3-5-14)18(34-27-17)7-6-16-10-15-11-19(33-21(15)32-16)24(8-9-24)22(28)29/h1-5,10-11H,8-9,13H2,(H,26,30)(H,28,29). The van der Waals surface area contributed by atoms with E-state index in [0.29, 0.717) is 24.0 Å². The van der Waals surface area contributed by atoms with Crippen LogP contribution in [0.5, 0.6) is 0 Å². The van der Waals surface area contributed by atoms with E-state index in [2.05, 4.69) is 22.3 Å². The Hall–Kier alpha value is -4.96. The Kier molecular flexibility index (Phi) is 5.04. The summed E-state index contributed by atoms with van der Waals surface area (Å²) in [6.07, 6.45) is 0.227. The molecule has 0 radical (unpaired) electrons. The highest BCUT2D eigenvalue weighted by Crippen LogP contribution is 2.50. The van der Waals surface area contributed by atoms with Crippen LogP contribution in [0.4, 0.5) is 10.5 Å². The lowest BCUT2D eigenvalue weighted by Gasteiger charge is -2.05. The Morgan fingerprint density at radius 1 is 1.18 bits per heavy atom. The van der Waals surface area contributed by atoms with E-state index >= 15 is 0 Å². The van der Waals surface area contributed by atoms with Crippen LogP contribution in [0, 0.1) is 23.2 Å². The number of nitrogens with zero attached hydrogens (tertiary/aromatic N) is 2. The maximum atomic E-state index is 12.2. The first-order valence-corrected chi connectivity index (χ1v) is 10.2. The molecule has 3 aromatic heterocycles. The molecular formula is C24H15N3O7. The number of aromatic nitrogens is 1. The summed E-state index contributed by atoms with van der Waals surface area (Å²) < 4.78 is 21.4. The van der Waals surface area contributed by atoms with Gasteiger partial charge >= 0.3 is 12.1 Å². The highest BCUT2D eigenvalue weighted by molar-refractivity contribution is 5.88. The largest absolute Gasteiger partial charge is 0.480 e. The Balaban J connectivity index is 1.32. The Labute approximate surface area is 191 Å². The SMILES string of the molecule is N#Cc1noc(C#Cc2cc3cc(C4(C(=O)O)CC4)oc3o2)c1NC(=O)OCc1ccccc1. The minimum atomic E-state index is -0.976. The van der Waals surface area contributed by atoms with Gasteiger partial charge in [0.2, 0.25) is 11.5 Å². The summed E-state index contributed by atoms with van der Waals surface area (Å²) in [6, 6.07) is 14.1. The van der Waals surface area contributed by atoms with Gasteiger partial charge in [-0.05, 0) is 36.3 Å². The molecule has 1 amide bonds. The molecule has 0 atom stereocenters. The second-order valence-electron chi connectivity index (χ2n) is 7.64. The molecule has 0 saturated heterocycles. The number of furan rings is 2. The number of anilines is 1. The lowest BCUT2D eigenvalue weighted by molar-refractivity contribution is -0.140. The predicted molar refractivity (Wildman–Crippen MR) is 114 cm³/mol. The molecule has 0 spiro atoms. The molecule has 3 heterocycles. The Morgan fingerprint density at radius 3 is 2.65 bits per heavy atom. The summed E-state index contributed by atoms with van der Waals surface area (Å²) in [4.78, 5) is 23.7. The summed E-state index contributed by atoms with van der Waals surface area (Å²) in [5.41, 5.74) is -0.369. The molecule has 5 rings (SSSR count). The fraction of sp³-hybridized carbons (Fsp3) is 0.167. The van der Waals surface area contributed by atoms with Gasteiger partial charge in [0.05, 0.1) is 5.39 Å². The number of ether oxygens (including phenoxy) is 1. The quantitative estimate of drug-likeness (QED) is 0.421. The number of nitriles is 1. The molecule has 1 aliphatic carbocycles. The third-order valence-corrected chi connectivity index (χ3v) is 5.38. The third kappa shape index (κ3) is 3.85. The second kappa shape index (κ2) is 8.19. The van der Waals surface area contributed by atoms with Gasteiger partial charge < -0.3 is 23.2 Å². The number of carbonyl (C=O) groups excluding carboxylic acids is 1. The molecule has 1 fully saturated rings. The lowest BCUT2D eigenvalue weighted by atomic mass is 10.0. The minimum Gasteiger partial charge on any atom is -0.480 e. The van der Waals surface area contributed by atoms with E-state index in [-0.39, 0.29) is 35.3 Å². The molecule has 0 unspecified atom stereocenters. The van der Waals surface area contributed by atoms with Crippen LogP contribution in [0.2, 0.25) is 0 Å². The van der Waals surface area contributed by atoms with Gasteiger partial charge in [0.25, 0.3) is 5.78 Å². The monoisotopic (exact) mass is 457 g/mol. The van der Waals surface area contributed by atoms with Crippen molar-refractivity contribution in [2.24, 2.45) is 0 Å². The van der Waals surface area contributed by atoms with Crippen molar-refractivity contribution in [2.45, 2.75) is 24.9 Å². The van der Waals surface area contributed by atoms with Gasteiger partial charge in [-0.15, -0.1) is 0 Å². The maximum absolute atomic E-state index is 12.2. The van der Waals surface area contributed by atoms with Crippen molar-refractivity contribution in [2.75, 3.05) is 5.32 Å². The van der Waals surface area contributed by atoms with Gasteiger partial charge in [-0.2, -0.15) is 5.26 Å².